The number of phosphoric ester groups is 2. The summed E-state index contributed by atoms with van der Waals surface area (Å²) in [7, 11) is -9.91. The summed E-state index contributed by atoms with van der Waals surface area (Å²) in [4.78, 5) is 72.8. The Hall–Kier alpha value is -1.94. The molecule has 0 radical (unpaired) electrons. The molecule has 0 aromatic carbocycles. The van der Waals surface area contributed by atoms with Gasteiger partial charge in [0.1, 0.15) is 19.3 Å². The van der Waals surface area contributed by atoms with Crippen LogP contribution in [0.1, 0.15) is 383 Å². The van der Waals surface area contributed by atoms with Gasteiger partial charge >= 0.3 is 39.5 Å². The molecule has 0 aliphatic rings. The number of carbonyl (C=O) groups is 4. The Balaban J connectivity index is 5.21. The highest BCUT2D eigenvalue weighted by Crippen LogP contribution is 2.45. The molecule has 0 saturated heterocycles. The molecule has 95 heavy (non-hydrogen) atoms. The summed E-state index contributed by atoms with van der Waals surface area (Å²) < 4.78 is 68.5. The van der Waals surface area contributed by atoms with Crippen molar-refractivity contribution in [2.75, 3.05) is 39.6 Å². The molecule has 3 unspecified atom stereocenters. The number of ether oxygens (including phenoxy) is 4. The molecule has 0 heterocycles. The number of rotatable bonds is 73. The second-order valence-electron chi connectivity index (χ2n) is 29.3. The van der Waals surface area contributed by atoms with Gasteiger partial charge in [-0.3, -0.25) is 37.3 Å². The minimum atomic E-state index is -4.96. The zero-order valence-corrected chi connectivity index (χ0v) is 64.1. The Morgan fingerprint density at radius 2 is 0.442 bits per heavy atom. The van der Waals surface area contributed by atoms with Gasteiger partial charge < -0.3 is 33.8 Å². The molecule has 0 spiro atoms. The molecule has 0 saturated carbocycles. The number of carbonyl (C=O) groups excluding carboxylic acids is 4. The first-order valence-electron chi connectivity index (χ1n) is 39.2. The quantitative estimate of drug-likeness (QED) is 0.0222. The van der Waals surface area contributed by atoms with Gasteiger partial charge in [-0.1, -0.05) is 331 Å². The predicted molar refractivity (Wildman–Crippen MR) is 386 cm³/mol. The zero-order valence-electron chi connectivity index (χ0n) is 62.3. The largest absolute Gasteiger partial charge is 0.472 e. The van der Waals surface area contributed by atoms with Crippen LogP contribution in [0.4, 0.5) is 0 Å². The highest BCUT2D eigenvalue weighted by Gasteiger charge is 2.30. The lowest BCUT2D eigenvalue weighted by molar-refractivity contribution is -0.161. The lowest BCUT2D eigenvalue weighted by atomic mass is 10.0. The summed E-state index contributed by atoms with van der Waals surface area (Å²) in [6, 6.07) is 0. The molecule has 5 atom stereocenters. The summed E-state index contributed by atoms with van der Waals surface area (Å²) in [6.07, 6.45) is 50.1. The lowest BCUT2D eigenvalue weighted by Crippen LogP contribution is -2.30. The van der Waals surface area contributed by atoms with Gasteiger partial charge in [-0.25, -0.2) is 9.13 Å². The van der Waals surface area contributed by atoms with Crippen molar-refractivity contribution in [3.63, 3.8) is 0 Å². The van der Waals surface area contributed by atoms with Gasteiger partial charge in [0.2, 0.25) is 0 Å². The van der Waals surface area contributed by atoms with E-state index in [0.717, 1.165) is 114 Å². The van der Waals surface area contributed by atoms with Crippen molar-refractivity contribution in [3.8, 4) is 0 Å². The molecule has 0 aliphatic heterocycles. The van der Waals surface area contributed by atoms with Gasteiger partial charge in [-0.15, -0.1) is 0 Å². The highest BCUT2D eigenvalue weighted by molar-refractivity contribution is 7.47. The van der Waals surface area contributed by atoms with Crippen molar-refractivity contribution in [1.82, 2.24) is 0 Å². The molecule has 0 bridgehead atoms. The molecule has 3 N–H and O–H groups in total. The van der Waals surface area contributed by atoms with Crippen LogP contribution in [0.3, 0.4) is 0 Å². The number of esters is 4. The number of aliphatic hydroxyl groups excluding tert-OH is 1. The Kier molecular flexibility index (Phi) is 64.0. The minimum Gasteiger partial charge on any atom is -0.462 e. The van der Waals surface area contributed by atoms with E-state index in [1.165, 1.54) is 180 Å². The molecular weight excluding hydrogens is 1250 g/mol. The second kappa shape index (κ2) is 65.4. The van der Waals surface area contributed by atoms with E-state index in [9.17, 15) is 43.2 Å². The van der Waals surface area contributed by atoms with E-state index in [4.69, 9.17) is 37.0 Å². The van der Waals surface area contributed by atoms with Crippen LogP contribution in [0.5, 0.6) is 0 Å². The van der Waals surface area contributed by atoms with Gasteiger partial charge in [-0.05, 0) is 49.4 Å². The first-order valence-corrected chi connectivity index (χ1v) is 42.2. The van der Waals surface area contributed by atoms with E-state index in [0.29, 0.717) is 31.6 Å². The van der Waals surface area contributed by atoms with E-state index in [1.54, 1.807) is 0 Å². The maximum absolute atomic E-state index is 13.1. The highest BCUT2D eigenvalue weighted by atomic mass is 31.2. The minimum absolute atomic E-state index is 0.104. The SMILES string of the molecule is CC(C)CCCCCCCCCCCCCCCCCC(=O)O[C@H](COC(=O)CCCCCCCCCC(C)C)COP(=O)(O)OCC(O)COP(=O)(O)OC[C@@H](COC(=O)CCCCCCCCCCCCCCCC(C)C)OC(=O)CCCCCCCCCCC(C)C. The molecule has 0 fully saturated rings. The molecule has 0 aromatic rings. The van der Waals surface area contributed by atoms with Crippen molar-refractivity contribution in [3.05, 3.63) is 0 Å². The molecular formula is C76H148O17P2. The average molecular weight is 1400 g/mol. The summed E-state index contributed by atoms with van der Waals surface area (Å²) in [5.41, 5.74) is 0. The fourth-order valence-corrected chi connectivity index (χ4v) is 13.1. The molecule has 0 aromatic heterocycles. The van der Waals surface area contributed by atoms with Crippen LogP contribution in [-0.2, 0) is 65.4 Å². The number of unbranched alkanes of at least 4 members (excludes halogenated alkanes) is 39. The third kappa shape index (κ3) is 70.3. The number of hydrogen-bond acceptors (Lipinski definition) is 15. The Morgan fingerprint density at radius 3 is 0.653 bits per heavy atom. The third-order valence-electron chi connectivity index (χ3n) is 17.6. The summed E-state index contributed by atoms with van der Waals surface area (Å²) in [5.74, 6) is 0.894. The average Bonchev–Trinajstić information content (AvgIpc) is 1.28. The van der Waals surface area contributed by atoms with Crippen LogP contribution in [0.15, 0.2) is 0 Å². The standard InChI is InChI=1S/C76H148O17P2/c1-66(2)52-44-36-28-21-17-13-10-9-11-15-20-24-33-42-50-58-75(80)92-72(63-87-74(79)57-49-41-35-27-31-39-47-55-69(7)8)65-91-95(84,85)89-61-70(77)60-88-94(82,83)90-64-71(93-76(81)59-51-43-34-26-25-30-38-46-54-68(5)6)62-86-73(78)56-48-40-32-23-19-16-12-14-18-22-29-37-45-53-67(3)4/h66-72,77H,9-65H2,1-8H3,(H,82,83)(H,84,85)/t70?,71-,72-/m1/s1. The van der Waals surface area contributed by atoms with Crippen molar-refractivity contribution < 1.29 is 80.2 Å². The van der Waals surface area contributed by atoms with Crippen LogP contribution in [0.2, 0.25) is 0 Å². The lowest BCUT2D eigenvalue weighted by Gasteiger charge is -2.21. The van der Waals surface area contributed by atoms with Crippen molar-refractivity contribution in [1.29, 1.82) is 0 Å². The Morgan fingerprint density at radius 1 is 0.263 bits per heavy atom. The van der Waals surface area contributed by atoms with Crippen LogP contribution < -0.4 is 0 Å². The number of hydrogen-bond donors (Lipinski definition) is 3. The molecule has 0 amide bonds. The van der Waals surface area contributed by atoms with Gasteiger partial charge in [0.25, 0.3) is 0 Å². The van der Waals surface area contributed by atoms with Gasteiger partial charge in [0.05, 0.1) is 26.4 Å². The topological polar surface area (TPSA) is 237 Å². The molecule has 19 heteroatoms. The maximum Gasteiger partial charge on any atom is 0.472 e. The fraction of sp³-hybridized carbons (Fsp3) is 0.947. The van der Waals surface area contributed by atoms with Gasteiger partial charge in [0.15, 0.2) is 12.2 Å². The van der Waals surface area contributed by atoms with E-state index in [1.807, 2.05) is 0 Å². The van der Waals surface area contributed by atoms with Gasteiger partial charge in [0, 0.05) is 25.7 Å². The molecule has 17 nitrogen and oxygen atoms in total. The van der Waals surface area contributed by atoms with Gasteiger partial charge in [-0.2, -0.15) is 0 Å². The normalized spacial score (nSPS) is 14.1. The Bertz CT molecular complexity index is 1870. The molecule has 0 rings (SSSR count). The van der Waals surface area contributed by atoms with Crippen LogP contribution in [0, 0.1) is 23.7 Å². The zero-order chi connectivity index (χ0) is 70.3. The molecule has 564 valence electrons. The second-order valence-corrected chi connectivity index (χ2v) is 32.2. The van der Waals surface area contributed by atoms with E-state index in [2.05, 4.69) is 55.4 Å². The van der Waals surface area contributed by atoms with Crippen LogP contribution in [0.25, 0.3) is 0 Å². The molecule has 0 aliphatic carbocycles. The first-order chi connectivity index (χ1) is 45.6. The van der Waals surface area contributed by atoms with Crippen molar-refractivity contribution in [2.24, 2.45) is 23.7 Å². The van der Waals surface area contributed by atoms with Crippen molar-refractivity contribution in [2.45, 2.75) is 401 Å². The van der Waals surface area contributed by atoms with E-state index in [-0.39, 0.29) is 25.7 Å². The first kappa shape index (κ1) is 93.1. The van der Waals surface area contributed by atoms with Crippen LogP contribution >= 0.6 is 15.6 Å². The Labute approximate surface area is 581 Å². The summed E-state index contributed by atoms with van der Waals surface area (Å²) >= 11 is 0. The van der Waals surface area contributed by atoms with E-state index < -0.39 is 97.5 Å². The third-order valence-corrected chi connectivity index (χ3v) is 19.5. The monoisotopic (exact) mass is 1400 g/mol. The summed E-state index contributed by atoms with van der Waals surface area (Å²) in [6.45, 7) is 14.2. The van der Waals surface area contributed by atoms with Crippen LogP contribution in [-0.4, -0.2) is 96.7 Å². The summed E-state index contributed by atoms with van der Waals surface area (Å²) in [5, 5.41) is 10.6. The smallest absolute Gasteiger partial charge is 0.462 e. The van der Waals surface area contributed by atoms with E-state index >= 15 is 0 Å². The maximum atomic E-state index is 13.1. The predicted octanol–water partition coefficient (Wildman–Crippen LogP) is 22.0. The fourth-order valence-electron chi connectivity index (χ4n) is 11.6. The number of aliphatic hydroxyl groups is 1. The van der Waals surface area contributed by atoms with Crippen molar-refractivity contribution >= 4 is 39.5 Å². The number of phosphoric acid groups is 2.